The normalized spacial score (nSPS) is 13.7. The average molecular weight is 454 g/mol. The maximum Gasteiger partial charge on any atom is 0.260 e. The summed E-state index contributed by atoms with van der Waals surface area (Å²) < 4.78 is 11.2. The van der Waals surface area contributed by atoms with E-state index in [4.69, 9.17) is 9.47 Å². The Kier molecular flexibility index (Phi) is 8.72. The second kappa shape index (κ2) is 11.7. The van der Waals surface area contributed by atoms with Gasteiger partial charge in [-0.15, -0.1) is 0 Å². The summed E-state index contributed by atoms with van der Waals surface area (Å²) in [6.07, 6.45) is 0. The summed E-state index contributed by atoms with van der Waals surface area (Å²) in [5.74, 6) is 0.629. The Morgan fingerprint density at radius 3 is 2.45 bits per heavy atom. The molecule has 1 aliphatic heterocycles. The highest BCUT2D eigenvalue weighted by molar-refractivity contribution is 5.94. The topological polar surface area (TPSA) is 71.1 Å². The fourth-order valence-corrected chi connectivity index (χ4v) is 3.69. The van der Waals surface area contributed by atoms with Crippen LogP contribution in [0.4, 0.5) is 11.4 Å². The van der Waals surface area contributed by atoms with Crippen molar-refractivity contribution in [2.24, 2.45) is 0 Å². The number of hydrogen-bond donors (Lipinski definition) is 1. The number of nitrogens with zero attached hydrogens (tertiary/aromatic N) is 2. The predicted molar refractivity (Wildman–Crippen MR) is 131 cm³/mol. The van der Waals surface area contributed by atoms with Gasteiger partial charge in [0.1, 0.15) is 5.75 Å². The van der Waals surface area contributed by atoms with Gasteiger partial charge in [0, 0.05) is 31.0 Å². The molecule has 2 aromatic carbocycles. The molecule has 0 aliphatic carbocycles. The van der Waals surface area contributed by atoms with Crippen molar-refractivity contribution in [3.05, 3.63) is 53.6 Å². The lowest BCUT2D eigenvalue weighted by Gasteiger charge is -2.29. The first kappa shape index (κ1) is 24.6. The molecule has 1 aliphatic rings. The summed E-state index contributed by atoms with van der Waals surface area (Å²) in [4.78, 5) is 29.0. The smallest absolute Gasteiger partial charge is 0.260 e. The third kappa shape index (κ3) is 6.96. The van der Waals surface area contributed by atoms with Crippen molar-refractivity contribution >= 4 is 23.2 Å². The van der Waals surface area contributed by atoms with Crippen LogP contribution in [0.2, 0.25) is 0 Å². The van der Waals surface area contributed by atoms with Crippen LogP contribution in [-0.2, 0) is 14.3 Å². The molecule has 2 amide bonds. The highest BCUT2D eigenvalue weighted by Crippen LogP contribution is 2.24. The van der Waals surface area contributed by atoms with Crippen LogP contribution < -0.4 is 15.0 Å². The van der Waals surface area contributed by atoms with E-state index in [1.165, 1.54) is 4.90 Å². The van der Waals surface area contributed by atoms with Crippen molar-refractivity contribution in [3.63, 3.8) is 0 Å². The van der Waals surface area contributed by atoms with Crippen LogP contribution in [0.15, 0.2) is 42.5 Å². The Labute approximate surface area is 196 Å². The molecule has 3 rings (SSSR count). The maximum absolute atomic E-state index is 12.7. The van der Waals surface area contributed by atoms with Gasteiger partial charge in [-0.3, -0.25) is 9.59 Å². The molecule has 0 aromatic heterocycles. The number of benzene rings is 2. The van der Waals surface area contributed by atoms with E-state index in [9.17, 15) is 9.59 Å². The standard InChI is InChI=1S/C26H35N3O4/c1-5-28(26(31)18-33-24-16-21(19(2)3)7-6-20(24)4)17-25(30)27-22-8-10-23(11-9-22)29-12-14-32-15-13-29/h6-11,16,19H,5,12-15,17-18H2,1-4H3,(H,27,30). The number of rotatable bonds is 9. The van der Waals surface area contributed by atoms with Crippen molar-refractivity contribution in [1.82, 2.24) is 4.90 Å². The Morgan fingerprint density at radius 1 is 1.12 bits per heavy atom. The zero-order chi connectivity index (χ0) is 23.8. The van der Waals surface area contributed by atoms with E-state index in [0.29, 0.717) is 23.9 Å². The van der Waals surface area contributed by atoms with E-state index in [-0.39, 0.29) is 25.0 Å². The van der Waals surface area contributed by atoms with Crippen LogP contribution >= 0.6 is 0 Å². The molecule has 0 atom stereocenters. The van der Waals surface area contributed by atoms with E-state index in [1.54, 1.807) is 0 Å². The molecule has 33 heavy (non-hydrogen) atoms. The zero-order valence-corrected chi connectivity index (χ0v) is 20.1. The lowest BCUT2D eigenvalue weighted by Crippen LogP contribution is -2.40. The van der Waals surface area contributed by atoms with Gasteiger partial charge in [-0.2, -0.15) is 0 Å². The largest absolute Gasteiger partial charge is 0.483 e. The lowest BCUT2D eigenvalue weighted by atomic mass is 10.0. The molecule has 0 radical (unpaired) electrons. The summed E-state index contributed by atoms with van der Waals surface area (Å²) >= 11 is 0. The lowest BCUT2D eigenvalue weighted by molar-refractivity contribution is -0.136. The monoisotopic (exact) mass is 453 g/mol. The Bertz CT molecular complexity index is 937. The van der Waals surface area contributed by atoms with Crippen molar-refractivity contribution in [2.75, 3.05) is 56.2 Å². The molecular formula is C26H35N3O4. The molecule has 7 nitrogen and oxygen atoms in total. The van der Waals surface area contributed by atoms with E-state index < -0.39 is 0 Å². The number of ether oxygens (including phenoxy) is 2. The number of anilines is 2. The summed E-state index contributed by atoms with van der Waals surface area (Å²) in [6.45, 7) is 11.5. The molecule has 1 saturated heterocycles. The fraction of sp³-hybridized carbons (Fsp3) is 0.462. The number of nitrogens with one attached hydrogen (secondary N) is 1. The van der Waals surface area contributed by atoms with Crippen molar-refractivity contribution < 1.29 is 19.1 Å². The molecule has 0 unspecified atom stereocenters. The van der Waals surface area contributed by atoms with E-state index in [2.05, 4.69) is 30.1 Å². The van der Waals surface area contributed by atoms with Crippen LogP contribution in [0.25, 0.3) is 0 Å². The van der Waals surface area contributed by atoms with Crippen molar-refractivity contribution in [3.8, 4) is 5.75 Å². The van der Waals surface area contributed by atoms with Crippen molar-refractivity contribution in [1.29, 1.82) is 0 Å². The third-order valence-electron chi connectivity index (χ3n) is 5.83. The van der Waals surface area contributed by atoms with E-state index in [1.807, 2.05) is 50.2 Å². The van der Waals surface area contributed by atoms with E-state index >= 15 is 0 Å². The first-order valence-corrected chi connectivity index (χ1v) is 11.6. The van der Waals surface area contributed by atoms with Crippen LogP contribution in [0.1, 0.15) is 37.8 Å². The molecule has 178 valence electrons. The van der Waals surface area contributed by atoms with Gasteiger partial charge in [0.15, 0.2) is 6.61 Å². The molecule has 1 heterocycles. The summed E-state index contributed by atoms with van der Waals surface area (Å²) in [7, 11) is 0. The molecule has 7 heteroatoms. The van der Waals surface area contributed by atoms with Gasteiger partial charge in [0.25, 0.3) is 5.91 Å². The van der Waals surface area contributed by atoms with Gasteiger partial charge < -0.3 is 24.6 Å². The highest BCUT2D eigenvalue weighted by atomic mass is 16.5. The fourth-order valence-electron chi connectivity index (χ4n) is 3.69. The minimum absolute atomic E-state index is 0.0189. The number of morpholine rings is 1. The number of likely N-dealkylation sites (N-methyl/N-ethyl adjacent to an activating group) is 1. The molecule has 2 aromatic rings. The number of carbonyl (C=O) groups excluding carboxylic acids is 2. The zero-order valence-electron chi connectivity index (χ0n) is 20.1. The predicted octanol–water partition coefficient (Wildman–Crippen LogP) is 3.82. The van der Waals surface area contributed by atoms with Crippen LogP contribution in [0.3, 0.4) is 0 Å². The third-order valence-corrected chi connectivity index (χ3v) is 5.83. The average Bonchev–Trinajstić information content (AvgIpc) is 2.82. The van der Waals surface area contributed by atoms with Gasteiger partial charge in [-0.05, 0) is 61.2 Å². The van der Waals surface area contributed by atoms with Gasteiger partial charge in [0.2, 0.25) is 5.91 Å². The Morgan fingerprint density at radius 2 is 1.82 bits per heavy atom. The van der Waals surface area contributed by atoms with Gasteiger partial charge in [0.05, 0.1) is 19.8 Å². The van der Waals surface area contributed by atoms with Crippen LogP contribution in [0.5, 0.6) is 5.75 Å². The van der Waals surface area contributed by atoms with Gasteiger partial charge in [-0.1, -0.05) is 26.0 Å². The Balaban J connectivity index is 1.51. The number of carbonyl (C=O) groups is 2. The first-order valence-electron chi connectivity index (χ1n) is 11.6. The van der Waals surface area contributed by atoms with Crippen LogP contribution in [0, 0.1) is 6.92 Å². The first-order chi connectivity index (χ1) is 15.9. The SMILES string of the molecule is CCN(CC(=O)Nc1ccc(N2CCOCC2)cc1)C(=O)COc1cc(C(C)C)ccc1C. The summed E-state index contributed by atoms with van der Waals surface area (Å²) in [6, 6.07) is 13.8. The van der Waals surface area contributed by atoms with Gasteiger partial charge >= 0.3 is 0 Å². The molecular weight excluding hydrogens is 418 g/mol. The number of aryl methyl sites for hydroxylation is 1. The maximum atomic E-state index is 12.7. The quantitative estimate of drug-likeness (QED) is 0.625. The molecule has 0 spiro atoms. The second-order valence-electron chi connectivity index (χ2n) is 8.57. The number of amides is 2. The van der Waals surface area contributed by atoms with Crippen molar-refractivity contribution in [2.45, 2.75) is 33.6 Å². The molecule has 0 bridgehead atoms. The second-order valence-corrected chi connectivity index (χ2v) is 8.57. The Hall–Kier alpha value is -3.06. The summed E-state index contributed by atoms with van der Waals surface area (Å²) in [5, 5.41) is 2.88. The molecule has 0 saturated carbocycles. The highest BCUT2D eigenvalue weighted by Gasteiger charge is 2.17. The summed E-state index contributed by atoms with van der Waals surface area (Å²) in [5.41, 5.74) is 3.96. The van der Waals surface area contributed by atoms with Crippen LogP contribution in [-0.4, -0.2) is 62.7 Å². The minimum Gasteiger partial charge on any atom is -0.483 e. The molecule has 1 fully saturated rings. The van der Waals surface area contributed by atoms with Gasteiger partial charge in [-0.25, -0.2) is 0 Å². The minimum atomic E-state index is -0.234. The number of hydrogen-bond acceptors (Lipinski definition) is 5. The molecule has 1 N–H and O–H groups in total. The van der Waals surface area contributed by atoms with E-state index in [0.717, 1.165) is 43.1 Å².